The Morgan fingerprint density at radius 2 is 1.90 bits per heavy atom. The third-order valence-corrected chi connectivity index (χ3v) is 6.73. The van der Waals surface area contributed by atoms with Crippen molar-refractivity contribution in [3.05, 3.63) is 57.0 Å². The quantitative estimate of drug-likeness (QED) is 0.537. The van der Waals surface area contributed by atoms with Gasteiger partial charge in [-0.25, -0.2) is 9.78 Å². The maximum Gasteiger partial charge on any atom is 0.348 e. The van der Waals surface area contributed by atoms with Crippen molar-refractivity contribution >= 4 is 27.5 Å². The fourth-order valence-electron chi connectivity index (χ4n) is 3.80. The van der Waals surface area contributed by atoms with Gasteiger partial charge in [-0.3, -0.25) is 9.36 Å². The van der Waals surface area contributed by atoms with Crippen molar-refractivity contribution in [3.63, 3.8) is 0 Å². The highest BCUT2D eigenvalue weighted by atomic mass is 32.1. The molecule has 0 atom stereocenters. The lowest BCUT2D eigenvalue weighted by molar-refractivity contribution is 0.0216. The third kappa shape index (κ3) is 4.41. The number of nitrogens with zero attached hydrogens (tertiary/aromatic N) is 2. The van der Waals surface area contributed by atoms with E-state index in [1.54, 1.807) is 6.92 Å². The van der Waals surface area contributed by atoms with Crippen LogP contribution in [0, 0.1) is 13.8 Å². The van der Waals surface area contributed by atoms with Crippen LogP contribution < -0.4 is 10.3 Å². The number of benzene rings is 1. The number of aromatic nitrogens is 2. The summed E-state index contributed by atoms with van der Waals surface area (Å²) in [5, 5.41) is 0.494. The molecule has 0 amide bonds. The van der Waals surface area contributed by atoms with Gasteiger partial charge in [0.25, 0.3) is 5.56 Å². The molecule has 0 saturated heterocycles. The van der Waals surface area contributed by atoms with E-state index in [-0.39, 0.29) is 17.6 Å². The minimum Gasteiger partial charge on any atom is -0.492 e. The van der Waals surface area contributed by atoms with Crippen LogP contribution in [0.1, 0.15) is 52.9 Å². The van der Waals surface area contributed by atoms with Gasteiger partial charge in [0.1, 0.15) is 28.2 Å². The van der Waals surface area contributed by atoms with E-state index in [1.165, 1.54) is 34.2 Å². The summed E-state index contributed by atoms with van der Waals surface area (Å²) in [6.45, 7) is 4.56. The van der Waals surface area contributed by atoms with E-state index in [9.17, 15) is 9.59 Å². The average molecular weight is 427 g/mol. The number of esters is 1. The molecule has 1 saturated carbocycles. The summed E-state index contributed by atoms with van der Waals surface area (Å²) in [5.74, 6) is 0.429. The molecule has 1 fully saturated rings. The number of hydrogen-bond acceptors (Lipinski definition) is 6. The van der Waals surface area contributed by atoms with Gasteiger partial charge in [0, 0.05) is 0 Å². The highest BCUT2D eigenvalue weighted by Gasteiger charge is 2.24. The molecule has 0 radical (unpaired) electrons. The van der Waals surface area contributed by atoms with E-state index in [2.05, 4.69) is 4.98 Å². The second kappa shape index (κ2) is 9.00. The molecule has 2 aromatic heterocycles. The molecular formula is C23H26N2O4S. The molecular weight excluding hydrogens is 400 g/mol. The summed E-state index contributed by atoms with van der Waals surface area (Å²) in [6, 6.07) is 7.79. The maximum absolute atomic E-state index is 13.0. The van der Waals surface area contributed by atoms with Gasteiger partial charge in [-0.05, 0) is 57.2 Å². The SMILES string of the molecule is Cc1ccc(OCCn2cnc3sc(C(=O)OC4CCCCC4)c(C)c3c2=O)cc1. The first-order valence-corrected chi connectivity index (χ1v) is 11.2. The van der Waals surface area contributed by atoms with Crippen LogP contribution in [-0.4, -0.2) is 28.2 Å². The summed E-state index contributed by atoms with van der Waals surface area (Å²) in [5.41, 5.74) is 1.67. The maximum atomic E-state index is 13.0. The largest absolute Gasteiger partial charge is 0.492 e. The zero-order valence-corrected chi connectivity index (χ0v) is 18.2. The summed E-state index contributed by atoms with van der Waals surface area (Å²) >= 11 is 1.24. The number of carbonyl (C=O) groups is 1. The predicted octanol–water partition coefficient (Wildman–Crippen LogP) is 4.64. The van der Waals surface area contributed by atoms with Crippen molar-refractivity contribution in [1.29, 1.82) is 0 Å². The molecule has 1 aromatic carbocycles. The highest BCUT2D eigenvalue weighted by molar-refractivity contribution is 7.20. The van der Waals surface area contributed by atoms with E-state index in [0.29, 0.717) is 33.8 Å². The second-order valence-corrected chi connectivity index (χ2v) is 8.81. The van der Waals surface area contributed by atoms with Crippen LogP contribution in [0.2, 0.25) is 0 Å². The van der Waals surface area contributed by atoms with E-state index in [1.807, 2.05) is 31.2 Å². The Kier molecular flexibility index (Phi) is 6.18. The van der Waals surface area contributed by atoms with Gasteiger partial charge in [-0.1, -0.05) is 24.1 Å². The summed E-state index contributed by atoms with van der Waals surface area (Å²) < 4.78 is 13.0. The van der Waals surface area contributed by atoms with Crippen molar-refractivity contribution < 1.29 is 14.3 Å². The Bertz CT molecular complexity index is 1090. The fourth-order valence-corrected chi connectivity index (χ4v) is 4.82. The molecule has 4 rings (SSSR count). The number of thiophene rings is 1. The molecule has 7 heteroatoms. The Labute approximate surface area is 179 Å². The zero-order chi connectivity index (χ0) is 21.1. The number of fused-ring (bicyclic) bond motifs is 1. The Morgan fingerprint density at radius 1 is 1.17 bits per heavy atom. The summed E-state index contributed by atoms with van der Waals surface area (Å²) in [4.78, 5) is 31.1. The molecule has 0 aliphatic heterocycles. The van der Waals surface area contributed by atoms with Gasteiger partial charge in [0.15, 0.2) is 0 Å². The first-order chi connectivity index (χ1) is 14.5. The molecule has 0 spiro atoms. The number of aryl methyl sites for hydroxylation is 2. The smallest absolute Gasteiger partial charge is 0.348 e. The molecule has 30 heavy (non-hydrogen) atoms. The monoisotopic (exact) mass is 426 g/mol. The summed E-state index contributed by atoms with van der Waals surface area (Å²) in [6.07, 6.45) is 6.74. The molecule has 1 aliphatic carbocycles. The van der Waals surface area contributed by atoms with Gasteiger partial charge in [0.05, 0.1) is 18.3 Å². The first kappa shape index (κ1) is 20.6. The van der Waals surface area contributed by atoms with E-state index >= 15 is 0 Å². The van der Waals surface area contributed by atoms with E-state index in [4.69, 9.17) is 9.47 Å². The average Bonchev–Trinajstić information content (AvgIpc) is 3.09. The normalized spacial score (nSPS) is 14.7. The van der Waals surface area contributed by atoms with Crippen LogP contribution in [0.15, 0.2) is 35.4 Å². The molecule has 0 N–H and O–H groups in total. The van der Waals surface area contributed by atoms with E-state index in [0.717, 1.165) is 31.4 Å². The molecule has 2 heterocycles. The molecule has 3 aromatic rings. The predicted molar refractivity (Wildman–Crippen MR) is 118 cm³/mol. The minimum absolute atomic E-state index is 0.0144. The van der Waals surface area contributed by atoms with Crippen LogP contribution in [0.5, 0.6) is 5.75 Å². The minimum atomic E-state index is -0.337. The topological polar surface area (TPSA) is 70.4 Å². The standard InChI is InChI=1S/C23H26N2O4S/c1-15-8-10-17(11-9-15)28-13-12-25-14-24-21-19(22(25)26)16(2)20(30-21)23(27)29-18-6-4-3-5-7-18/h8-11,14,18H,3-7,12-13H2,1-2H3. The Balaban J connectivity index is 1.49. The van der Waals surface area contributed by atoms with Crippen LogP contribution in [-0.2, 0) is 11.3 Å². The van der Waals surface area contributed by atoms with Crippen LogP contribution in [0.25, 0.3) is 10.2 Å². The molecule has 0 unspecified atom stereocenters. The van der Waals surface area contributed by atoms with Crippen molar-refractivity contribution in [3.8, 4) is 5.75 Å². The van der Waals surface area contributed by atoms with Crippen molar-refractivity contribution in [2.45, 2.75) is 58.6 Å². The van der Waals surface area contributed by atoms with Gasteiger partial charge < -0.3 is 9.47 Å². The Hall–Kier alpha value is -2.67. The van der Waals surface area contributed by atoms with Crippen LogP contribution in [0.3, 0.4) is 0 Å². The van der Waals surface area contributed by atoms with Gasteiger partial charge in [-0.2, -0.15) is 0 Å². The molecule has 158 valence electrons. The van der Waals surface area contributed by atoms with Gasteiger partial charge >= 0.3 is 5.97 Å². The molecule has 6 nitrogen and oxygen atoms in total. The van der Waals surface area contributed by atoms with Gasteiger partial charge in [0.2, 0.25) is 0 Å². The van der Waals surface area contributed by atoms with Crippen molar-refractivity contribution in [1.82, 2.24) is 9.55 Å². The molecule has 0 bridgehead atoms. The third-order valence-electron chi connectivity index (χ3n) is 5.55. The summed E-state index contributed by atoms with van der Waals surface area (Å²) in [7, 11) is 0. The number of hydrogen-bond donors (Lipinski definition) is 0. The second-order valence-electron chi connectivity index (χ2n) is 7.81. The van der Waals surface area contributed by atoms with Gasteiger partial charge in [-0.15, -0.1) is 11.3 Å². The first-order valence-electron chi connectivity index (χ1n) is 10.4. The van der Waals surface area contributed by atoms with Crippen LogP contribution in [0.4, 0.5) is 0 Å². The van der Waals surface area contributed by atoms with Crippen molar-refractivity contribution in [2.24, 2.45) is 0 Å². The fraction of sp³-hybridized carbons (Fsp3) is 0.435. The lowest BCUT2D eigenvalue weighted by Gasteiger charge is -2.21. The lowest BCUT2D eigenvalue weighted by atomic mass is 9.98. The number of rotatable bonds is 6. The number of ether oxygens (including phenoxy) is 2. The zero-order valence-electron chi connectivity index (χ0n) is 17.3. The number of carbonyl (C=O) groups excluding carboxylic acids is 1. The van der Waals surface area contributed by atoms with Crippen molar-refractivity contribution in [2.75, 3.05) is 6.61 Å². The Morgan fingerprint density at radius 3 is 2.63 bits per heavy atom. The van der Waals surface area contributed by atoms with E-state index < -0.39 is 0 Å². The molecule has 1 aliphatic rings. The van der Waals surface area contributed by atoms with Crippen LogP contribution >= 0.6 is 11.3 Å². The highest BCUT2D eigenvalue weighted by Crippen LogP contribution is 2.29. The lowest BCUT2D eigenvalue weighted by Crippen LogP contribution is -2.23.